The summed E-state index contributed by atoms with van der Waals surface area (Å²) in [6.45, 7) is 1.25. The molecule has 2 N–H and O–H groups in total. The summed E-state index contributed by atoms with van der Waals surface area (Å²) in [5.74, 6) is 0.318. The molecule has 0 aliphatic carbocycles. The van der Waals surface area contributed by atoms with Gasteiger partial charge in [0.15, 0.2) is 23.9 Å². The van der Waals surface area contributed by atoms with Gasteiger partial charge in [-0.1, -0.05) is 0 Å². The number of nitrogens with zero attached hydrogens (tertiary/aromatic N) is 4. The summed E-state index contributed by atoms with van der Waals surface area (Å²) in [5.41, 5.74) is 0.729. The number of phenolic OH excluding ortho intramolecular Hbond substituents is 1. The van der Waals surface area contributed by atoms with Gasteiger partial charge in [-0.05, 0) is 18.2 Å². The lowest BCUT2D eigenvalue weighted by Crippen LogP contribution is -2.27. The van der Waals surface area contributed by atoms with Crippen molar-refractivity contribution in [1.82, 2.24) is 9.55 Å². The Morgan fingerprint density at radius 3 is 3.08 bits per heavy atom. The van der Waals surface area contributed by atoms with Crippen LogP contribution in [0.25, 0.3) is 10.9 Å². The van der Waals surface area contributed by atoms with Crippen molar-refractivity contribution in [2.45, 2.75) is 6.54 Å². The van der Waals surface area contributed by atoms with E-state index in [2.05, 4.69) is 15.3 Å². The minimum atomic E-state index is -0.581. The van der Waals surface area contributed by atoms with E-state index in [0.717, 1.165) is 17.4 Å². The minimum Gasteiger partial charge on any atom is -0.619 e. The lowest BCUT2D eigenvalue weighted by molar-refractivity contribution is -0.605. The molecule has 0 atom stereocenters. The molecule has 0 fully saturated rings. The van der Waals surface area contributed by atoms with Crippen LogP contribution in [0.15, 0.2) is 41.7 Å². The Bertz CT molecular complexity index is 1110. The van der Waals surface area contributed by atoms with Gasteiger partial charge in [0.05, 0.1) is 7.11 Å². The summed E-state index contributed by atoms with van der Waals surface area (Å²) in [4.78, 5) is 21.0. The molecule has 4 rings (SSSR count). The van der Waals surface area contributed by atoms with E-state index in [-0.39, 0.29) is 22.7 Å². The van der Waals surface area contributed by atoms with Crippen LogP contribution in [0.3, 0.4) is 0 Å². The molecule has 2 aromatic heterocycles. The number of pyridine rings is 1. The van der Waals surface area contributed by atoms with Gasteiger partial charge in [0.1, 0.15) is 16.9 Å². The molecule has 3 aromatic rings. The van der Waals surface area contributed by atoms with Gasteiger partial charge in [-0.15, -0.1) is 0 Å². The highest BCUT2D eigenvalue weighted by Crippen LogP contribution is 2.36. The number of aromatic nitrogens is 3. The lowest BCUT2D eigenvalue weighted by atomic mass is 10.2. The molecule has 1 aromatic carbocycles. The van der Waals surface area contributed by atoms with Crippen molar-refractivity contribution in [2.24, 2.45) is 4.99 Å². The number of rotatable bonds is 2. The first-order valence-electron chi connectivity index (χ1n) is 7.91. The van der Waals surface area contributed by atoms with Crippen molar-refractivity contribution in [3.05, 3.63) is 53.0 Å². The summed E-state index contributed by atoms with van der Waals surface area (Å²) in [6, 6.07) is 6.25. The zero-order valence-electron chi connectivity index (χ0n) is 13.8. The largest absolute Gasteiger partial charge is 0.619 e. The molecule has 0 bridgehead atoms. The van der Waals surface area contributed by atoms with Crippen LogP contribution in [0.4, 0.5) is 5.82 Å². The molecule has 1 amide bonds. The molecule has 9 heteroatoms. The molecule has 3 heterocycles. The second-order valence-electron chi connectivity index (χ2n) is 5.72. The van der Waals surface area contributed by atoms with Gasteiger partial charge in [0, 0.05) is 24.5 Å². The number of methoxy groups -OCH3 is 1. The van der Waals surface area contributed by atoms with Crippen molar-refractivity contribution < 1.29 is 19.4 Å². The van der Waals surface area contributed by atoms with Crippen molar-refractivity contribution >= 4 is 22.6 Å². The number of phenols is 1. The van der Waals surface area contributed by atoms with Gasteiger partial charge in [-0.25, -0.2) is 4.98 Å². The molecule has 0 radical (unpaired) electrons. The number of nitrogens with one attached hydrogen (secondary N) is 1. The minimum absolute atomic E-state index is 0.0526. The van der Waals surface area contributed by atoms with Crippen LogP contribution in [-0.2, 0) is 6.54 Å². The van der Waals surface area contributed by atoms with Gasteiger partial charge >= 0.3 is 0 Å². The Morgan fingerprint density at radius 2 is 2.31 bits per heavy atom. The average Bonchev–Trinajstić information content (AvgIpc) is 3.12. The van der Waals surface area contributed by atoms with Gasteiger partial charge < -0.3 is 20.4 Å². The van der Waals surface area contributed by atoms with E-state index in [1.54, 1.807) is 10.6 Å². The molecule has 1 aliphatic rings. The third-order valence-electron chi connectivity index (χ3n) is 4.14. The predicted molar refractivity (Wildman–Crippen MR) is 91.7 cm³/mol. The van der Waals surface area contributed by atoms with Crippen LogP contribution in [0.1, 0.15) is 10.4 Å². The number of anilines is 1. The number of carbonyl (C=O) groups excluding carboxylic acids is 1. The van der Waals surface area contributed by atoms with Crippen molar-refractivity contribution in [1.29, 1.82) is 0 Å². The summed E-state index contributed by atoms with van der Waals surface area (Å²) in [5, 5.41) is 25.4. The monoisotopic (exact) mass is 353 g/mol. The molecule has 0 saturated carbocycles. The van der Waals surface area contributed by atoms with Crippen LogP contribution in [0.2, 0.25) is 0 Å². The maximum absolute atomic E-state index is 12.5. The number of hydrogen-bond donors (Lipinski definition) is 2. The van der Waals surface area contributed by atoms with E-state index < -0.39 is 5.91 Å². The summed E-state index contributed by atoms with van der Waals surface area (Å²) in [6.07, 6.45) is 2.44. The van der Waals surface area contributed by atoms with Crippen LogP contribution in [0.5, 0.6) is 11.5 Å². The molecule has 26 heavy (non-hydrogen) atoms. The van der Waals surface area contributed by atoms with E-state index in [4.69, 9.17) is 4.74 Å². The fourth-order valence-corrected chi connectivity index (χ4v) is 2.98. The Hall–Kier alpha value is -3.62. The van der Waals surface area contributed by atoms with E-state index in [1.807, 2.05) is 0 Å². The number of amides is 1. The molecule has 132 valence electrons. The summed E-state index contributed by atoms with van der Waals surface area (Å²) < 4.78 is 7.58. The van der Waals surface area contributed by atoms with Crippen LogP contribution in [0, 0.1) is 5.21 Å². The van der Waals surface area contributed by atoms with E-state index in [9.17, 15) is 15.1 Å². The second-order valence-corrected chi connectivity index (χ2v) is 5.72. The second kappa shape index (κ2) is 6.03. The Morgan fingerprint density at radius 1 is 1.46 bits per heavy atom. The van der Waals surface area contributed by atoms with Crippen LogP contribution >= 0.6 is 0 Å². The van der Waals surface area contributed by atoms with Gasteiger partial charge in [-0.3, -0.25) is 9.36 Å². The molecule has 0 unspecified atom stereocenters. The van der Waals surface area contributed by atoms with Crippen LogP contribution in [-0.4, -0.2) is 34.2 Å². The number of ether oxygens (including phenoxy) is 1. The number of hydrogen-bond acceptors (Lipinski definition) is 6. The lowest BCUT2D eigenvalue weighted by Gasteiger charge is -2.11. The smallest absolute Gasteiger partial charge is 0.286 e. The number of benzene rings is 1. The molecule has 9 nitrogen and oxygen atoms in total. The molecular weight excluding hydrogens is 338 g/mol. The SMILES string of the molecule is COc1c(O)ccc2c3n(c(=NC(=O)c4ccc[n+]([O-])c4)nc12)CCN3. The fourth-order valence-electron chi connectivity index (χ4n) is 2.98. The number of aromatic hydroxyl groups is 1. The van der Waals surface area contributed by atoms with Gasteiger partial charge in [0.2, 0.25) is 5.62 Å². The van der Waals surface area contributed by atoms with Crippen LogP contribution < -0.4 is 20.4 Å². The molecular formula is C17H15N5O4. The average molecular weight is 353 g/mol. The van der Waals surface area contributed by atoms with E-state index in [0.29, 0.717) is 23.3 Å². The first-order valence-corrected chi connectivity index (χ1v) is 7.91. The summed E-state index contributed by atoms with van der Waals surface area (Å²) in [7, 11) is 1.43. The number of carbonyl (C=O) groups is 1. The van der Waals surface area contributed by atoms with Crippen molar-refractivity contribution in [3.8, 4) is 11.5 Å². The highest BCUT2D eigenvalue weighted by Gasteiger charge is 2.20. The highest BCUT2D eigenvalue weighted by atomic mass is 16.5. The number of fused-ring (bicyclic) bond motifs is 3. The van der Waals surface area contributed by atoms with Gasteiger partial charge in [-0.2, -0.15) is 9.72 Å². The summed E-state index contributed by atoms with van der Waals surface area (Å²) >= 11 is 0. The quantitative estimate of drug-likeness (QED) is 0.513. The zero-order valence-corrected chi connectivity index (χ0v) is 13.8. The van der Waals surface area contributed by atoms with Crippen molar-refractivity contribution in [3.63, 3.8) is 0 Å². The topological polar surface area (TPSA) is 116 Å². The maximum Gasteiger partial charge on any atom is 0.286 e. The predicted octanol–water partition coefficient (Wildman–Crippen LogP) is 0.550. The molecule has 1 aliphatic heterocycles. The van der Waals surface area contributed by atoms with E-state index in [1.165, 1.54) is 31.5 Å². The maximum atomic E-state index is 12.5. The zero-order chi connectivity index (χ0) is 18.3. The Balaban J connectivity index is 1.97. The third kappa shape index (κ3) is 2.50. The molecule has 0 spiro atoms. The first kappa shape index (κ1) is 15.9. The van der Waals surface area contributed by atoms with E-state index >= 15 is 0 Å². The van der Waals surface area contributed by atoms with Crippen molar-refractivity contribution in [2.75, 3.05) is 19.0 Å². The fraction of sp³-hybridized carbons (Fsp3) is 0.176. The highest BCUT2D eigenvalue weighted by molar-refractivity contribution is 5.96. The first-order chi connectivity index (χ1) is 12.6. The standard InChI is InChI=1S/C17H15N5O4/c1-26-14-12(23)5-4-11-13(14)19-17(22-8-6-18-15(11)22)20-16(24)10-3-2-7-21(25)9-10/h2-5,7,9,18,23H,6,8H2,1H3. The normalized spacial score (nSPS) is 13.5. The Labute approximate surface area is 147 Å². The van der Waals surface area contributed by atoms with Gasteiger partial charge in [0.25, 0.3) is 5.91 Å². The molecule has 0 saturated heterocycles. The third-order valence-corrected chi connectivity index (χ3v) is 4.14. The Kier molecular flexibility index (Phi) is 3.68.